The first-order chi connectivity index (χ1) is 29.2. The van der Waals surface area contributed by atoms with Crippen molar-refractivity contribution in [2.45, 2.75) is 95.7 Å². The predicted octanol–water partition coefficient (Wildman–Crippen LogP) is 5.35. The molecule has 7 rings (SSSR count). The number of methoxy groups -OCH3 is 2. The van der Waals surface area contributed by atoms with Crippen molar-refractivity contribution in [1.29, 1.82) is 0 Å². The number of primary amides is 1. The van der Waals surface area contributed by atoms with Crippen molar-refractivity contribution in [2.24, 2.45) is 40.7 Å². The number of esters is 1. The number of hydrogen-bond donors (Lipinski definition) is 5. The van der Waals surface area contributed by atoms with Crippen LogP contribution in [0.3, 0.4) is 0 Å². The van der Waals surface area contributed by atoms with E-state index in [0.717, 1.165) is 31.2 Å². The highest BCUT2D eigenvalue weighted by Gasteiger charge is 2.83. The number of carbonyl (C=O) groups is 5. The van der Waals surface area contributed by atoms with Crippen molar-refractivity contribution >= 4 is 60.8 Å². The highest BCUT2D eigenvalue weighted by atomic mass is 35.5. The summed E-state index contributed by atoms with van der Waals surface area (Å²) in [5, 5.41) is 10.8. The summed E-state index contributed by atoms with van der Waals surface area (Å²) in [7, 11) is 4.11. The van der Waals surface area contributed by atoms with E-state index in [4.69, 9.17) is 46.0 Å². The molecule has 16 nitrogen and oxygen atoms in total. The molecule has 1 aliphatic heterocycles. The molecule has 327 valence electrons. The predicted molar refractivity (Wildman–Crippen MR) is 224 cm³/mol. The van der Waals surface area contributed by atoms with Gasteiger partial charge in [-0.25, -0.2) is 19.3 Å². The van der Waals surface area contributed by atoms with Crippen LogP contribution in [-0.2, 0) is 50.7 Å². The van der Waals surface area contributed by atoms with Gasteiger partial charge in [0, 0.05) is 36.5 Å². The average Bonchev–Trinajstić information content (AvgIpc) is 3.60. The van der Waals surface area contributed by atoms with E-state index in [0.29, 0.717) is 46.2 Å². The third-order valence-corrected chi connectivity index (χ3v) is 14.0. The molecule has 4 aliphatic carbocycles. The van der Waals surface area contributed by atoms with Gasteiger partial charge < -0.3 is 45.9 Å². The number of fused-ring (bicyclic) bond motifs is 4. The largest absolute Gasteiger partial charge is 0.524 e. The van der Waals surface area contributed by atoms with Crippen LogP contribution in [0.1, 0.15) is 75.5 Å². The van der Waals surface area contributed by atoms with E-state index in [2.05, 4.69) is 21.3 Å². The highest BCUT2D eigenvalue weighted by molar-refractivity contribution is 6.33. The fraction of sp³-hybridized carbons (Fsp3) is 0.558. The number of nitrogens with one attached hydrogen (secondary N) is 4. The van der Waals surface area contributed by atoms with Gasteiger partial charge in [0.1, 0.15) is 24.4 Å². The second-order valence-corrected chi connectivity index (χ2v) is 17.5. The minimum Gasteiger partial charge on any atom is -0.524 e. The van der Waals surface area contributed by atoms with Crippen molar-refractivity contribution in [3.63, 3.8) is 0 Å². The molecule has 2 aromatic carbocycles. The molecule has 1 saturated heterocycles. The molecule has 7 unspecified atom stereocenters. The maximum Gasteiger partial charge on any atom is 0.389 e. The molecular formula is C43H54BClN5O11. The number of hydrogen-bond acceptors (Lipinski definition) is 11. The van der Waals surface area contributed by atoms with Crippen LogP contribution in [0.25, 0.3) is 6.08 Å². The van der Waals surface area contributed by atoms with E-state index in [9.17, 15) is 24.0 Å². The summed E-state index contributed by atoms with van der Waals surface area (Å²) in [6.07, 6.45) is 8.18. The Morgan fingerprint density at radius 3 is 2.23 bits per heavy atom. The van der Waals surface area contributed by atoms with E-state index in [1.807, 2.05) is 12.1 Å². The monoisotopic (exact) mass is 862 g/mol. The zero-order valence-corrected chi connectivity index (χ0v) is 35.8. The minimum absolute atomic E-state index is 0.0590. The van der Waals surface area contributed by atoms with Crippen molar-refractivity contribution in [2.75, 3.05) is 26.1 Å². The Labute approximate surface area is 360 Å². The van der Waals surface area contributed by atoms with Crippen LogP contribution in [0.5, 0.6) is 5.75 Å². The fourth-order valence-corrected chi connectivity index (χ4v) is 11.2. The van der Waals surface area contributed by atoms with E-state index >= 15 is 0 Å². The summed E-state index contributed by atoms with van der Waals surface area (Å²) in [5.74, 6) is -0.953. The summed E-state index contributed by atoms with van der Waals surface area (Å²) in [6, 6.07) is 7.85. The molecule has 61 heavy (non-hydrogen) atoms. The maximum absolute atomic E-state index is 13.6. The lowest BCUT2D eigenvalue weighted by molar-refractivity contribution is -0.638. The minimum atomic E-state index is -1.25. The number of carbonyl (C=O) groups excluding carboxylic acids is 5. The number of nitrogens with two attached hydrogens (primary N) is 1. The average molecular weight is 863 g/mol. The molecular weight excluding hydrogens is 809 g/mol. The molecule has 1 heterocycles. The molecule has 7 atom stereocenters. The van der Waals surface area contributed by atoms with Crippen molar-refractivity contribution < 1.29 is 52.6 Å². The zero-order chi connectivity index (χ0) is 43.7. The highest BCUT2D eigenvalue weighted by Crippen LogP contribution is 2.81. The van der Waals surface area contributed by atoms with Crippen LogP contribution in [0.4, 0.5) is 15.3 Å². The van der Waals surface area contributed by atoms with Gasteiger partial charge in [-0.2, -0.15) is 4.89 Å². The van der Waals surface area contributed by atoms with Crippen molar-refractivity contribution in [3.8, 4) is 5.75 Å². The second kappa shape index (κ2) is 17.9. The van der Waals surface area contributed by atoms with Gasteiger partial charge in [0.15, 0.2) is 5.60 Å². The summed E-state index contributed by atoms with van der Waals surface area (Å²) >= 11 is 7.31. The Morgan fingerprint density at radius 1 is 0.951 bits per heavy atom. The number of rotatable bonds is 18. The lowest BCUT2D eigenvalue weighted by atomic mass is 9.55. The summed E-state index contributed by atoms with van der Waals surface area (Å²) in [6.45, 7) is 5.25. The molecule has 4 saturated carbocycles. The van der Waals surface area contributed by atoms with Crippen LogP contribution in [0.15, 0.2) is 42.5 Å². The third-order valence-electron chi connectivity index (χ3n) is 13.6. The van der Waals surface area contributed by atoms with Gasteiger partial charge >= 0.3 is 25.6 Å². The molecule has 2 spiro atoms. The first-order valence-corrected chi connectivity index (χ1v) is 21.2. The lowest BCUT2D eigenvalue weighted by Crippen LogP contribution is -2.72. The number of urea groups is 1. The Bertz CT molecular complexity index is 2020. The standard InChI is InChI=1S/C43H54BClN5O11/c1-23(2)35(50-40(55)59-44-3)38(53)49-32(7-6-16-47-39(46)54)37(52)48-30-12-8-24(9-13-30)22-58-36-25(11-15-33(51)56-4)10-14-31(34(36)45)43(57-5)42(60-61-43)28-18-26-17-27-19-29(42)21-41(26,27)20-28/h8-15,23,26-29,32,35H,6-7,16-22H2,1-5H3,(H,48,52)(H,49,53)(H,50,55)(H3,46,47,54)/b15-11+. The summed E-state index contributed by atoms with van der Waals surface area (Å²) < 4.78 is 22.5. The van der Waals surface area contributed by atoms with Crippen LogP contribution < -0.4 is 31.7 Å². The normalized spacial score (nSPS) is 28.6. The van der Waals surface area contributed by atoms with E-state index in [-0.39, 0.29) is 42.3 Å². The van der Waals surface area contributed by atoms with Crippen molar-refractivity contribution in [3.05, 3.63) is 64.2 Å². The number of amides is 5. The quantitative estimate of drug-likeness (QED) is 0.0424. The van der Waals surface area contributed by atoms with Crippen LogP contribution in [0.2, 0.25) is 11.8 Å². The van der Waals surface area contributed by atoms with E-state index in [1.54, 1.807) is 51.3 Å². The molecule has 0 aromatic heterocycles. The second-order valence-electron chi connectivity index (χ2n) is 17.1. The molecule has 5 fully saturated rings. The van der Waals surface area contributed by atoms with Crippen LogP contribution in [0, 0.1) is 35.0 Å². The van der Waals surface area contributed by atoms with Gasteiger partial charge in [-0.15, -0.1) is 0 Å². The fourth-order valence-electron chi connectivity index (χ4n) is 10.9. The topological polar surface area (TPSA) is 215 Å². The Balaban J connectivity index is 1.07. The number of halogens is 1. The number of ether oxygens (including phenoxy) is 3. The number of anilines is 1. The van der Waals surface area contributed by atoms with Gasteiger partial charge in [0.2, 0.25) is 11.8 Å². The summed E-state index contributed by atoms with van der Waals surface area (Å²) in [4.78, 5) is 74.8. The van der Waals surface area contributed by atoms with Crippen molar-refractivity contribution in [1.82, 2.24) is 16.0 Å². The molecule has 6 N–H and O–H groups in total. The molecule has 5 aliphatic rings. The molecule has 3 bridgehead atoms. The third kappa shape index (κ3) is 8.05. The maximum atomic E-state index is 13.6. The van der Waals surface area contributed by atoms with Gasteiger partial charge in [0.25, 0.3) is 5.79 Å². The Kier molecular flexibility index (Phi) is 13.0. The van der Waals surface area contributed by atoms with Gasteiger partial charge in [-0.3, -0.25) is 9.59 Å². The summed E-state index contributed by atoms with van der Waals surface area (Å²) in [5.41, 5.74) is 7.23. The van der Waals surface area contributed by atoms with Gasteiger partial charge in [0.05, 0.1) is 12.1 Å². The molecule has 2 aromatic rings. The van der Waals surface area contributed by atoms with Crippen LogP contribution >= 0.6 is 11.6 Å². The zero-order valence-electron chi connectivity index (χ0n) is 35.0. The first kappa shape index (κ1) is 44.2. The Morgan fingerprint density at radius 2 is 1.64 bits per heavy atom. The van der Waals surface area contributed by atoms with E-state index < -0.39 is 53.4 Å². The first-order valence-electron chi connectivity index (χ1n) is 20.8. The smallest absolute Gasteiger partial charge is 0.389 e. The van der Waals surface area contributed by atoms with Gasteiger partial charge in [-0.1, -0.05) is 49.7 Å². The molecule has 18 heteroatoms. The number of benzene rings is 2. The Hall–Kier alpha value is -4.84. The lowest BCUT2D eigenvalue weighted by Gasteiger charge is -2.61. The SMILES string of the molecule is C[B]OC(=O)NC(C(=O)NC(CCCNC(N)=O)C(=O)Nc1ccc(COc2c(/C=C/C(=O)OC)ccc(C3(OC)OOC34C3CC5CC6CC4CC56C3)c2Cl)cc1)C(C)C. The molecule has 1 radical (unpaired) electrons. The van der Waals surface area contributed by atoms with Crippen LogP contribution in [-0.4, -0.2) is 75.8 Å². The van der Waals surface area contributed by atoms with E-state index in [1.165, 1.54) is 33.9 Å². The van der Waals surface area contributed by atoms with Gasteiger partial charge in [-0.05, 0) is 111 Å². The molecule has 5 amide bonds.